The molecule has 8 heteroatoms. The van der Waals surface area contributed by atoms with Crippen LogP contribution in [-0.4, -0.2) is 60.3 Å². The number of ether oxygens (including phenoxy) is 2. The minimum absolute atomic E-state index is 0. The summed E-state index contributed by atoms with van der Waals surface area (Å²) in [5, 5.41) is 0. The number of rotatable bonds is 11. The Hall–Kier alpha value is -2.48. The molecule has 0 bridgehead atoms. The van der Waals surface area contributed by atoms with Crippen LogP contribution in [0.4, 0.5) is 4.39 Å². The van der Waals surface area contributed by atoms with Crippen LogP contribution in [0.25, 0.3) is 11.0 Å². The number of nitrogens with one attached hydrogen (secondary N) is 1. The monoisotopic (exact) mass is 531 g/mol. The lowest BCUT2D eigenvalue weighted by Gasteiger charge is -2.47. The SMILES string of the molecule is COCC(=O)O[C@]1(CCN(C)CCCc2nc3ccccc3[nH]2)CCc2cc(F)ccc2C1C(C)C.Cl. The highest BCUT2D eigenvalue weighted by Crippen LogP contribution is 2.48. The van der Waals surface area contributed by atoms with Gasteiger partial charge in [-0.3, -0.25) is 0 Å². The number of H-pyrrole nitrogens is 1. The zero-order valence-corrected chi connectivity index (χ0v) is 23.1. The van der Waals surface area contributed by atoms with E-state index < -0.39 is 5.60 Å². The Morgan fingerprint density at radius 2 is 2.03 bits per heavy atom. The molecule has 1 unspecified atom stereocenters. The largest absolute Gasteiger partial charge is 0.457 e. The lowest BCUT2D eigenvalue weighted by molar-refractivity contribution is -0.172. The molecule has 37 heavy (non-hydrogen) atoms. The van der Waals surface area contributed by atoms with Crippen LogP contribution >= 0.6 is 12.4 Å². The van der Waals surface area contributed by atoms with E-state index in [0.29, 0.717) is 19.3 Å². The van der Waals surface area contributed by atoms with E-state index in [-0.39, 0.29) is 42.6 Å². The first-order valence-corrected chi connectivity index (χ1v) is 12.9. The van der Waals surface area contributed by atoms with Crippen molar-refractivity contribution in [3.8, 4) is 0 Å². The molecule has 1 aliphatic carbocycles. The van der Waals surface area contributed by atoms with Crippen molar-refractivity contribution in [2.24, 2.45) is 5.92 Å². The number of hydrogen-bond acceptors (Lipinski definition) is 5. The fraction of sp³-hybridized carbons (Fsp3) is 0.517. The molecule has 2 atom stereocenters. The van der Waals surface area contributed by atoms with Crippen LogP contribution in [-0.2, 0) is 27.1 Å². The molecule has 3 aromatic rings. The van der Waals surface area contributed by atoms with Gasteiger partial charge in [0.05, 0.1) is 11.0 Å². The van der Waals surface area contributed by atoms with Gasteiger partial charge in [-0.2, -0.15) is 0 Å². The van der Waals surface area contributed by atoms with Crippen LogP contribution in [0.1, 0.15) is 56.0 Å². The number of hydrogen-bond donors (Lipinski definition) is 1. The first-order chi connectivity index (χ1) is 17.3. The Balaban J connectivity index is 0.00000380. The number of carbonyl (C=O) groups excluding carboxylic acids is 1. The lowest BCUT2D eigenvalue weighted by Crippen LogP contribution is -2.49. The third kappa shape index (κ3) is 6.89. The molecule has 4 rings (SSSR count). The van der Waals surface area contributed by atoms with Gasteiger partial charge in [-0.15, -0.1) is 12.4 Å². The maximum atomic E-state index is 14.0. The molecule has 0 saturated carbocycles. The highest BCUT2D eigenvalue weighted by Gasteiger charge is 2.47. The van der Waals surface area contributed by atoms with Gasteiger partial charge in [0, 0.05) is 32.4 Å². The van der Waals surface area contributed by atoms with E-state index in [1.165, 1.54) is 13.2 Å². The first-order valence-electron chi connectivity index (χ1n) is 12.9. The van der Waals surface area contributed by atoms with E-state index >= 15 is 0 Å². The van der Waals surface area contributed by atoms with E-state index in [1.807, 2.05) is 30.3 Å². The molecule has 1 N–H and O–H groups in total. The average Bonchev–Trinajstić information content (AvgIpc) is 3.25. The van der Waals surface area contributed by atoms with Crippen molar-refractivity contribution in [2.75, 3.05) is 33.9 Å². The molecule has 1 heterocycles. The molecule has 6 nitrogen and oxygen atoms in total. The van der Waals surface area contributed by atoms with Gasteiger partial charge in [0.15, 0.2) is 0 Å². The molecule has 0 aliphatic heterocycles. The van der Waals surface area contributed by atoms with Crippen molar-refractivity contribution in [1.82, 2.24) is 14.9 Å². The molecule has 0 spiro atoms. The number of imidazole rings is 1. The smallest absolute Gasteiger partial charge is 0.332 e. The standard InChI is InChI=1S/C29H38FN3O3.ClH/c1-20(2)28-23-12-11-22(30)18-21(23)13-14-29(28,36-27(34)19-35-4)15-17-33(3)16-7-10-26-31-24-8-5-6-9-25(24)32-26;/h5-6,8-9,11-12,18,20,28H,7,10,13-17,19H2,1-4H3,(H,31,32);1H/t28?,29-;/m0./s1. The fourth-order valence-corrected chi connectivity index (χ4v) is 5.80. The van der Waals surface area contributed by atoms with Crippen LogP contribution in [0, 0.1) is 11.7 Å². The number of nitrogens with zero attached hydrogens (tertiary/aromatic N) is 2. The molecule has 1 aromatic heterocycles. The molecule has 0 fully saturated rings. The van der Waals surface area contributed by atoms with E-state index in [1.54, 1.807) is 6.07 Å². The van der Waals surface area contributed by atoms with Crippen molar-refractivity contribution in [3.63, 3.8) is 0 Å². The first kappa shape index (κ1) is 29.1. The number of fused-ring (bicyclic) bond motifs is 2. The second-order valence-electron chi connectivity index (χ2n) is 10.4. The van der Waals surface area contributed by atoms with Gasteiger partial charge in [0.25, 0.3) is 0 Å². The molecule has 0 radical (unpaired) electrons. The van der Waals surface area contributed by atoms with Crippen LogP contribution in [0.2, 0.25) is 0 Å². The van der Waals surface area contributed by atoms with Crippen LogP contribution < -0.4 is 0 Å². The van der Waals surface area contributed by atoms with Gasteiger partial charge in [-0.25, -0.2) is 14.2 Å². The molecule has 1 aliphatic rings. The van der Waals surface area contributed by atoms with Gasteiger partial charge in [0.1, 0.15) is 23.8 Å². The van der Waals surface area contributed by atoms with Crippen molar-refractivity contribution < 1.29 is 18.7 Å². The predicted octanol–water partition coefficient (Wildman–Crippen LogP) is 5.69. The van der Waals surface area contributed by atoms with E-state index in [9.17, 15) is 9.18 Å². The van der Waals surface area contributed by atoms with E-state index in [0.717, 1.165) is 53.9 Å². The summed E-state index contributed by atoms with van der Waals surface area (Å²) in [6, 6.07) is 13.1. The second-order valence-corrected chi connectivity index (χ2v) is 10.4. The highest BCUT2D eigenvalue weighted by atomic mass is 35.5. The topological polar surface area (TPSA) is 67.5 Å². The lowest BCUT2D eigenvalue weighted by atomic mass is 9.65. The Morgan fingerprint density at radius 3 is 2.76 bits per heavy atom. The summed E-state index contributed by atoms with van der Waals surface area (Å²) in [5.41, 5.74) is 3.53. The predicted molar refractivity (Wildman–Crippen MR) is 147 cm³/mol. The van der Waals surface area contributed by atoms with E-state index in [4.69, 9.17) is 9.47 Å². The molecular weight excluding hydrogens is 493 g/mol. The van der Waals surface area contributed by atoms with E-state index in [2.05, 4.69) is 35.8 Å². The van der Waals surface area contributed by atoms with Crippen molar-refractivity contribution in [3.05, 3.63) is 65.2 Å². The number of aromatic amines is 1. The van der Waals surface area contributed by atoms with Crippen LogP contribution in [0.3, 0.4) is 0 Å². The van der Waals surface area contributed by atoms with Gasteiger partial charge in [-0.05, 0) is 74.2 Å². The molecule has 0 saturated heterocycles. The summed E-state index contributed by atoms with van der Waals surface area (Å²) >= 11 is 0. The normalized spacial score (nSPS) is 19.2. The Bertz CT molecular complexity index is 1150. The minimum atomic E-state index is -0.651. The average molecular weight is 532 g/mol. The number of carbonyl (C=O) groups is 1. The highest BCUT2D eigenvalue weighted by molar-refractivity contribution is 5.85. The maximum Gasteiger partial charge on any atom is 0.332 e. The second kappa shape index (κ2) is 12.9. The summed E-state index contributed by atoms with van der Waals surface area (Å²) in [6.45, 7) is 5.93. The maximum absolute atomic E-state index is 14.0. The zero-order valence-electron chi connectivity index (χ0n) is 22.3. The van der Waals surface area contributed by atoms with Gasteiger partial charge >= 0.3 is 5.97 Å². The summed E-state index contributed by atoms with van der Waals surface area (Å²) < 4.78 is 25.3. The molecule has 2 aromatic carbocycles. The molecule has 202 valence electrons. The number of halogens is 2. The van der Waals surface area contributed by atoms with Crippen LogP contribution in [0.15, 0.2) is 42.5 Å². The van der Waals surface area contributed by atoms with Crippen molar-refractivity contribution in [2.45, 2.75) is 57.5 Å². The zero-order chi connectivity index (χ0) is 25.7. The number of benzene rings is 2. The minimum Gasteiger partial charge on any atom is -0.457 e. The van der Waals surface area contributed by atoms with Gasteiger partial charge in [-0.1, -0.05) is 32.0 Å². The number of aromatic nitrogens is 2. The third-order valence-corrected chi connectivity index (χ3v) is 7.38. The number of aryl methyl sites for hydroxylation is 2. The quantitative estimate of drug-likeness (QED) is 0.322. The van der Waals surface area contributed by atoms with Gasteiger partial charge < -0.3 is 19.4 Å². The Labute approximate surface area is 225 Å². The van der Waals surface area contributed by atoms with Crippen molar-refractivity contribution in [1.29, 1.82) is 0 Å². The summed E-state index contributed by atoms with van der Waals surface area (Å²) in [7, 11) is 3.61. The fourth-order valence-electron chi connectivity index (χ4n) is 5.80. The molecule has 0 amide bonds. The number of esters is 1. The summed E-state index contributed by atoms with van der Waals surface area (Å²) in [5.74, 6) is 0.658. The van der Waals surface area contributed by atoms with Crippen LogP contribution in [0.5, 0.6) is 0 Å². The van der Waals surface area contributed by atoms with Gasteiger partial charge in [0.2, 0.25) is 0 Å². The summed E-state index contributed by atoms with van der Waals surface area (Å²) in [6.07, 6.45) is 3.92. The third-order valence-electron chi connectivity index (χ3n) is 7.38. The van der Waals surface area contributed by atoms with Crippen molar-refractivity contribution >= 4 is 29.4 Å². The number of methoxy groups -OCH3 is 1. The summed E-state index contributed by atoms with van der Waals surface area (Å²) in [4.78, 5) is 23.0. The number of para-hydroxylation sites is 2. The molecular formula is C29H39ClFN3O3. The Kier molecular flexibility index (Phi) is 10.1. The Morgan fingerprint density at radius 1 is 1.24 bits per heavy atom.